The number of amides is 5. The van der Waals surface area contributed by atoms with Gasteiger partial charge < -0.3 is 35.4 Å². The van der Waals surface area contributed by atoms with Crippen LogP contribution in [0.15, 0.2) is 147 Å². The van der Waals surface area contributed by atoms with Gasteiger partial charge in [-0.2, -0.15) is 13.2 Å². The third-order valence-electron chi connectivity index (χ3n) is 23.0. The first-order chi connectivity index (χ1) is 53.1. The Hall–Kier alpha value is -7.01. The molecule has 5 aromatic carbocycles. The Morgan fingerprint density at radius 1 is 0.748 bits per heavy atom. The Morgan fingerprint density at radius 3 is 2.07 bits per heavy atom. The molecule has 1 unspecified atom stereocenters. The van der Waals surface area contributed by atoms with Crippen molar-refractivity contribution in [3.8, 4) is 10.4 Å². The van der Waals surface area contributed by atoms with Gasteiger partial charge in [-0.15, -0.1) is 23.1 Å². The fourth-order valence-electron chi connectivity index (χ4n) is 16.6. The van der Waals surface area contributed by atoms with Crippen LogP contribution in [0, 0.1) is 29.6 Å². The molecule has 5 fully saturated rings. The van der Waals surface area contributed by atoms with Crippen LogP contribution < -0.4 is 25.6 Å². The minimum atomic E-state index is -5.81. The quantitative estimate of drug-likeness (QED) is 0.0266. The lowest BCUT2D eigenvalue weighted by molar-refractivity contribution is -0.144. The minimum Gasteiger partial charge on any atom is -0.380 e. The van der Waals surface area contributed by atoms with E-state index in [0.717, 1.165) is 161 Å². The number of piperazine rings is 2. The summed E-state index contributed by atoms with van der Waals surface area (Å²) in [5.41, 5.74) is 3.86. The number of carbonyl (C=O) groups excluding carboxylic acids is 5. The summed E-state index contributed by atoms with van der Waals surface area (Å²) in [5.74, 6) is 0.0197. The van der Waals surface area contributed by atoms with Gasteiger partial charge in [0.05, 0.1) is 41.0 Å². The molecule has 0 bridgehead atoms. The average Bonchev–Trinajstić information content (AvgIpc) is 1.33. The van der Waals surface area contributed by atoms with Crippen LogP contribution in [0.25, 0.3) is 16.0 Å². The monoisotopic (exact) mass is 1620 g/mol. The molecule has 4 N–H and O–H groups in total. The van der Waals surface area contributed by atoms with E-state index in [9.17, 15) is 45.6 Å². The highest BCUT2D eigenvalue weighted by Crippen LogP contribution is 2.45. The summed E-state index contributed by atoms with van der Waals surface area (Å²) in [5, 5.41) is 10.2. The van der Waals surface area contributed by atoms with Crippen LogP contribution >= 0.6 is 46.6 Å². The van der Waals surface area contributed by atoms with Crippen molar-refractivity contribution in [3.05, 3.63) is 160 Å². The summed E-state index contributed by atoms with van der Waals surface area (Å²) in [6, 6.07) is 34.9. The summed E-state index contributed by atoms with van der Waals surface area (Å²) in [7, 11) is -5.81. The molecule has 0 radical (unpaired) electrons. The van der Waals surface area contributed by atoms with Gasteiger partial charge in [0.25, 0.3) is 15.7 Å². The Bertz CT molecular complexity index is 4310. The Balaban J connectivity index is 0.581. The molecule has 5 heterocycles. The van der Waals surface area contributed by atoms with E-state index in [1.807, 2.05) is 107 Å². The zero-order valence-corrected chi connectivity index (χ0v) is 68.7. The fourth-order valence-corrected chi connectivity index (χ4v) is 20.1. The molecule has 5 atom stereocenters. The van der Waals surface area contributed by atoms with Gasteiger partial charge in [-0.1, -0.05) is 99.5 Å². The molecule has 6 aliphatic rings. The molecule has 111 heavy (non-hydrogen) atoms. The lowest BCUT2D eigenvalue weighted by atomic mass is 9.71. The zero-order valence-electron chi connectivity index (χ0n) is 64.6. The van der Waals surface area contributed by atoms with Gasteiger partial charge in [0.1, 0.15) is 17.0 Å². The van der Waals surface area contributed by atoms with Crippen LogP contribution in [0.4, 0.5) is 24.5 Å². The van der Waals surface area contributed by atoms with E-state index < -0.39 is 43.6 Å². The number of alkyl halides is 3. The maximum Gasteiger partial charge on any atom is 0.501 e. The number of allylic oxidation sites excluding steroid dienone is 1. The maximum atomic E-state index is 14.4. The number of likely N-dealkylation sites (tertiary alicyclic amines) is 1. The van der Waals surface area contributed by atoms with Crippen LogP contribution in [0.1, 0.15) is 145 Å². The number of thioether (sulfide) groups is 1. The Labute approximate surface area is 670 Å². The van der Waals surface area contributed by atoms with Crippen molar-refractivity contribution in [3.63, 3.8) is 0 Å². The number of rotatable bonds is 28. The second-order valence-corrected chi connectivity index (χ2v) is 37.5. The molecule has 1 aromatic heterocycles. The highest BCUT2D eigenvalue weighted by atomic mass is 35.5. The number of ether oxygens (including phenoxy) is 1. The normalized spacial score (nSPS) is 21.5. The van der Waals surface area contributed by atoms with E-state index in [4.69, 9.17) is 16.3 Å². The molecule has 12 rings (SSSR count). The molecule has 19 nitrogen and oxygen atoms in total. The smallest absolute Gasteiger partial charge is 0.380 e. The first-order valence-electron chi connectivity index (χ1n) is 39.2. The van der Waals surface area contributed by atoms with Crippen LogP contribution in [0.5, 0.6) is 0 Å². The summed E-state index contributed by atoms with van der Waals surface area (Å²) in [4.78, 5) is 88.8. The Morgan fingerprint density at radius 2 is 1.41 bits per heavy atom. The number of hydrogen-bond acceptors (Lipinski definition) is 17. The molecule has 0 spiro atoms. The number of nitrogens with zero attached hydrogens (tertiary/aromatic N) is 7. The topological polar surface area (TPSA) is 209 Å². The van der Waals surface area contributed by atoms with Gasteiger partial charge in [-0.25, -0.2) is 13.4 Å². The van der Waals surface area contributed by atoms with Crippen molar-refractivity contribution in [1.29, 1.82) is 0 Å². The maximum absolute atomic E-state index is 14.4. The van der Waals surface area contributed by atoms with Gasteiger partial charge in [0.2, 0.25) is 23.6 Å². The number of sulfone groups is 1. The number of hydrogen-bond donors (Lipinski definition) is 4. The SMILES string of the molecule is Cc1ncsc1-c1ccc([C@H](C)NC(=O)[C@@H]2CCCN2C(=O)[C@@H](NC(=O)CC2CCC(CC(=O)N3CCN(CC4(C)CCC(c5ccc(Cl)cc5)=C(CN5CCN(c6ccc(C(=O)NSc7ccc(N[C@H](CCN8CCOCC8)CSc8ccccc8)c(S(=O)(=O)C(F)(F)F)c7)cc6)CC5)C4)CC3)CC2)C(C)(C)C)cc1. The molecule has 4 aliphatic heterocycles. The Kier molecular flexibility index (Phi) is 28.2. The van der Waals surface area contributed by atoms with Gasteiger partial charge in [-0.05, 0) is 202 Å². The first-order valence-corrected chi connectivity index (χ1v) is 43.8. The van der Waals surface area contributed by atoms with Crippen LogP contribution in [-0.2, 0) is 33.8 Å². The largest absolute Gasteiger partial charge is 0.501 e. The third-order valence-corrected chi connectivity index (χ3v) is 27.8. The van der Waals surface area contributed by atoms with Crippen molar-refractivity contribution in [1.82, 2.24) is 44.8 Å². The van der Waals surface area contributed by atoms with Crippen molar-refractivity contribution in [2.75, 3.05) is 121 Å². The molecular formula is C84H107ClF3N11O8S4. The minimum absolute atomic E-state index is 0.0182. The van der Waals surface area contributed by atoms with E-state index in [0.29, 0.717) is 87.8 Å². The lowest BCUT2D eigenvalue weighted by Gasteiger charge is -2.44. The molecule has 27 heteroatoms. The number of halogens is 4. The molecule has 5 amide bonds. The standard InChI is InChI=1S/C84H107ClF3N11O8S4/c1-57(61-18-20-63(21-19-61)77-58(2)89-56-109-77)90-80(103)73-13-10-35-99(73)81(104)78(82(3,4)5)92-75(100)49-59-14-16-60(17-15-59)50-76(101)98-43-39-96(40-44-98)55-83(6)34-32-71(62-22-26-66(85)27-23-62)65(52-83)53-95-37-41-97(42-38-95)68-28-24-64(25-29-68)79(102)93-110-70-30-31-72(74(51-70)111(105,106)84(86,87)88)91-67(33-36-94-45-47-107-48-46-94)54-108-69-11-8-7-9-12-69/h7-9,11-12,18-31,51,56-57,59-60,67,73,78,91H,10,13-17,32-50,52-55H2,1-6H3,(H,90,103)(H,92,100)(H,93,102)/t57-,59?,60?,67+,73-,78+,83?/m0/s1. The van der Waals surface area contributed by atoms with Crippen molar-refractivity contribution in [2.24, 2.45) is 22.7 Å². The molecular weight excluding hydrogens is 1510 g/mol. The van der Waals surface area contributed by atoms with Crippen molar-refractivity contribution < 1.29 is 50.3 Å². The molecule has 2 aliphatic carbocycles. The summed E-state index contributed by atoms with van der Waals surface area (Å²) < 4.78 is 77.8. The number of aryl methyl sites for hydroxylation is 1. The molecule has 598 valence electrons. The average molecular weight is 1620 g/mol. The highest BCUT2D eigenvalue weighted by molar-refractivity contribution is 7.99. The van der Waals surface area contributed by atoms with E-state index in [2.05, 4.69) is 81.3 Å². The van der Waals surface area contributed by atoms with E-state index >= 15 is 0 Å². The van der Waals surface area contributed by atoms with Crippen LogP contribution in [0.3, 0.4) is 0 Å². The van der Waals surface area contributed by atoms with E-state index in [-0.39, 0.29) is 63.5 Å². The van der Waals surface area contributed by atoms with Crippen molar-refractivity contribution in [2.45, 2.75) is 163 Å². The second kappa shape index (κ2) is 37.5. The number of nitrogens with one attached hydrogen (secondary N) is 4. The zero-order chi connectivity index (χ0) is 78.6. The predicted molar refractivity (Wildman–Crippen MR) is 438 cm³/mol. The number of morpholine rings is 1. The lowest BCUT2D eigenvalue weighted by Crippen LogP contribution is -2.57. The number of aromatic nitrogens is 1. The van der Waals surface area contributed by atoms with Gasteiger partial charge in [0, 0.05) is 142 Å². The molecule has 4 saturated heterocycles. The van der Waals surface area contributed by atoms with E-state index in [1.54, 1.807) is 28.4 Å². The van der Waals surface area contributed by atoms with Gasteiger partial charge >= 0.3 is 5.51 Å². The number of carbonyl (C=O) groups is 5. The number of benzene rings is 5. The van der Waals surface area contributed by atoms with Gasteiger partial charge in [-0.3, -0.25) is 43.4 Å². The summed E-state index contributed by atoms with van der Waals surface area (Å²) in [6.45, 7) is 23.9. The third kappa shape index (κ3) is 22.1. The van der Waals surface area contributed by atoms with Crippen LogP contribution in [0.2, 0.25) is 5.02 Å². The van der Waals surface area contributed by atoms with E-state index in [1.165, 1.54) is 40.6 Å². The highest BCUT2D eigenvalue weighted by Gasteiger charge is 2.49. The molecule has 1 saturated carbocycles. The summed E-state index contributed by atoms with van der Waals surface area (Å²) in [6.07, 6.45) is 8.98. The molecule has 6 aromatic rings. The number of anilines is 2. The number of thiazole rings is 1. The first kappa shape index (κ1) is 83.4. The van der Waals surface area contributed by atoms with Crippen LogP contribution in [-0.4, -0.2) is 202 Å². The predicted octanol–water partition coefficient (Wildman–Crippen LogP) is 14.7. The fraction of sp³-hybridized carbons (Fsp3) is 0.524. The van der Waals surface area contributed by atoms with Gasteiger partial charge in [0.15, 0.2) is 0 Å². The summed E-state index contributed by atoms with van der Waals surface area (Å²) >= 11 is 10.3. The van der Waals surface area contributed by atoms with Crippen molar-refractivity contribution >= 4 is 103 Å². The second-order valence-electron chi connectivity index (χ2n) is 32.4.